The van der Waals surface area contributed by atoms with Crippen LogP contribution < -0.4 is 4.74 Å². The lowest BCUT2D eigenvalue weighted by atomic mass is 10.2. The molecule has 88 valence electrons. The van der Waals surface area contributed by atoms with Crippen LogP contribution in [-0.4, -0.2) is 26.8 Å². The van der Waals surface area contributed by atoms with Crippen molar-refractivity contribution in [2.24, 2.45) is 7.05 Å². The molecule has 2 rings (SSSR count). The molecule has 17 heavy (non-hydrogen) atoms. The monoisotopic (exact) mass is 234 g/mol. The van der Waals surface area contributed by atoms with Crippen LogP contribution in [0, 0.1) is 10.1 Å². The first-order valence-corrected chi connectivity index (χ1v) is 4.80. The minimum Gasteiger partial charge on any atom is -0.490 e. The van der Waals surface area contributed by atoms with E-state index in [4.69, 9.17) is 4.74 Å². The average molecular weight is 234 g/mol. The van der Waals surface area contributed by atoms with Crippen molar-refractivity contribution in [3.63, 3.8) is 0 Å². The van der Waals surface area contributed by atoms with Crippen LogP contribution in [0.4, 0.5) is 5.69 Å². The third-order valence-corrected chi connectivity index (χ3v) is 2.23. The van der Waals surface area contributed by atoms with Crippen LogP contribution in [0.5, 0.6) is 5.75 Å². The van der Waals surface area contributed by atoms with E-state index in [-0.39, 0.29) is 11.4 Å². The van der Waals surface area contributed by atoms with Gasteiger partial charge >= 0.3 is 5.69 Å². The number of hydrogen-bond acceptors (Lipinski definition) is 5. The molecule has 0 spiro atoms. The Morgan fingerprint density at radius 3 is 2.76 bits per heavy atom. The molecule has 2 aromatic rings. The molecule has 0 saturated heterocycles. The number of aryl methyl sites for hydroxylation is 1. The number of hydrogen-bond donors (Lipinski definition) is 0. The Labute approximate surface area is 96.8 Å². The Hall–Kier alpha value is -2.44. The van der Waals surface area contributed by atoms with Gasteiger partial charge in [-0.3, -0.25) is 14.8 Å². The van der Waals surface area contributed by atoms with Gasteiger partial charge in [0.25, 0.3) is 0 Å². The van der Waals surface area contributed by atoms with E-state index >= 15 is 0 Å². The van der Waals surface area contributed by atoms with E-state index in [9.17, 15) is 10.1 Å². The van der Waals surface area contributed by atoms with E-state index in [2.05, 4.69) is 10.1 Å². The highest BCUT2D eigenvalue weighted by Crippen LogP contribution is 2.30. The average Bonchev–Trinajstić information content (AvgIpc) is 2.75. The lowest BCUT2D eigenvalue weighted by Gasteiger charge is -2.02. The van der Waals surface area contributed by atoms with Crippen LogP contribution in [0.15, 0.2) is 24.5 Å². The van der Waals surface area contributed by atoms with Gasteiger partial charge in [-0.15, -0.1) is 0 Å². The van der Waals surface area contributed by atoms with Crippen molar-refractivity contribution in [3.8, 4) is 17.1 Å². The summed E-state index contributed by atoms with van der Waals surface area (Å²) in [5.74, 6) is 0.695. The van der Waals surface area contributed by atoms with Crippen LogP contribution >= 0.6 is 0 Å². The van der Waals surface area contributed by atoms with Gasteiger partial charge in [0.15, 0.2) is 11.6 Å². The summed E-state index contributed by atoms with van der Waals surface area (Å²) in [6.07, 6.45) is 1.56. The first kappa shape index (κ1) is 11.1. The standard InChI is InChI=1S/C10H10N4O3/c1-13-6-11-10(12-13)7-3-4-8(14(15)16)9(5-7)17-2/h3-6H,1-2H3. The second-order valence-electron chi connectivity index (χ2n) is 3.39. The van der Waals surface area contributed by atoms with Crippen LogP contribution in [0.3, 0.4) is 0 Å². The molecule has 0 amide bonds. The molecule has 1 aromatic carbocycles. The van der Waals surface area contributed by atoms with Gasteiger partial charge in [-0.05, 0) is 12.1 Å². The molecule has 1 heterocycles. The smallest absolute Gasteiger partial charge is 0.310 e. The highest BCUT2D eigenvalue weighted by atomic mass is 16.6. The molecule has 0 N–H and O–H groups in total. The van der Waals surface area contributed by atoms with Crippen LogP contribution in [-0.2, 0) is 7.05 Å². The Kier molecular flexibility index (Phi) is 2.73. The molecule has 0 saturated carbocycles. The predicted molar refractivity (Wildman–Crippen MR) is 59.6 cm³/mol. The number of benzene rings is 1. The molecule has 7 nitrogen and oxygen atoms in total. The highest BCUT2D eigenvalue weighted by molar-refractivity contribution is 5.62. The molecule has 0 atom stereocenters. The van der Waals surface area contributed by atoms with E-state index in [1.54, 1.807) is 30.2 Å². The fraction of sp³-hybridized carbons (Fsp3) is 0.200. The van der Waals surface area contributed by atoms with Gasteiger partial charge in [-0.2, -0.15) is 5.10 Å². The zero-order chi connectivity index (χ0) is 12.4. The molecule has 0 aliphatic heterocycles. The summed E-state index contributed by atoms with van der Waals surface area (Å²) in [5, 5.41) is 14.8. The van der Waals surface area contributed by atoms with Gasteiger partial charge in [0.05, 0.1) is 12.0 Å². The van der Waals surface area contributed by atoms with E-state index in [0.717, 1.165) is 0 Å². The second-order valence-corrected chi connectivity index (χ2v) is 3.39. The van der Waals surface area contributed by atoms with Gasteiger partial charge in [0.1, 0.15) is 6.33 Å². The SMILES string of the molecule is COc1cc(-c2ncn(C)n2)ccc1[N+](=O)[O-]. The summed E-state index contributed by atoms with van der Waals surface area (Å²) < 4.78 is 6.53. The van der Waals surface area contributed by atoms with E-state index in [0.29, 0.717) is 11.4 Å². The lowest BCUT2D eigenvalue weighted by Crippen LogP contribution is -1.94. The van der Waals surface area contributed by atoms with Crippen molar-refractivity contribution in [1.29, 1.82) is 0 Å². The van der Waals surface area contributed by atoms with Crippen molar-refractivity contribution in [1.82, 2.24) is 14.8 Å². The molecule has 1 aromatic heterocycles. The third-order valence-electron chi connectivity index (χ3n) is 2.23. The molecule has 0 bridgehead atoms. The maximum absolute atomic E-state index is 10.7. The first-order valence-electron chi connectivity index (χ1n) is 4.80. The number of nitro benzene ring substituents is 1. The molecular weight excluding hydrogens is 224 g/mol. The van der Waals surface area contributed by atoms with Gasteiger partial charge in [-0.25, -0.2) is 4.98 Å². The maximum Gasteiger partial charge on any atom is 0.310 e. The fourth-order valence-electron chi connectivity index (χ4n) is 1.44. The van der Waals surface area contributed by atoms with Crippen molar-refractivity contribution in [2.45, 2.75) is 0 Å². The van der Waals surface area contributed by atoms with Crippen molar-refractivity contribution < 1.29 is 9.66 Å². The van der Waals surface area contributed by atoms with Gasteiger partial charge in [0, 0.05) is 18.7 Å². The van der Waals surface area contributed by atoms with Crippen LogP contribution in [0.2, 0.25) is 0 Å². The van der Waals surface area contributed by atoms with E-state index in [1.165, 1.54) is 13.2 Å². The zero-order valence-electron chi connectivity index (χ0n) is 9.32. The minimum atomic E-state index is -0.492. The van der Waals surface area contributed by atoms with Gasteiger partial charge in [-0.1, -0.05) is 0 Å². The normalized spacial score (nSPS) is 10.2. The number of nitrogens with zero attached hydrogens (tertiary/aromatic N) is 4. The molecule has 0 radical (unpaired) electrons. The number of rotatable bonds is 3. The van der Waals surface area contributed by atoms with Crippen LogP contribution in [0.1, 0.15) is 0 Å². The number of aromatic nitrogens is 3. The molecule has 0 unspecified atom stereocenters. The zero-order valence-corrected chi connectivity index (χ0v) is 9.32. The van der Waals surface area contributed by atoms with E-state index < -0.39 is 4.92 Å². The molecular formula is C10H10N4O3. The summed E-state index contributed by atoms with van der Waals surface area (Å²) >= 11 is 0. The number of nitro groups is 1. The fourth-order valence-corrected chi connectivity index (χ4v) is 1.44. The maximum atomic E-state index is 10.7. The first-order chi connectivity index (χ1) is 8.11. The Morgan fingerprint density at radius 2 is 2.24 bits per heavy atom. The minimum absolute atomic E-state index is 0.0767. The lowest BCUT2D eigenvalue weighted by molar-refractivity contribution is -0.385. The summed E-state index contributed by atoms with van der Waals surface area (Å²) in [7, 11) is 3.14. The number of methoxy groups -OCH3 is 1. The van der Waals surface area contributed by atoms with Gasteiger partial charge < -0.3 is 4.74 Å². The third kappa shape index (κ3) is 2.07. The van der Waals surface area contributed by atoms with Crippen molar-refractivity contribution in [2.75, 3.05) is 7.11 Å². The topological polar surface area (TPSA) is 83.1 Å². The molecule has 7 heteroatoms. The quantitative estimate of drug-likeness (QED) is 0.592. The largest absolute Gasteiger partial charge is 0.490 e. The summed E-state index contributed by atoms with van der Waals surface area (Å²) in [4.78, 5) is 14.3. The Bertz CT molecular complexity index is 564. The van der Waals surface area contributed by atoms with Gasteiger partial charge in [0.2, 0.25) is 0 Å². The number of ether oxygens (including phenoxy) is 1. The second kappa shape index (κ2) is 4.20. The van der Waals surface area contributed by atoms with E-state index in [1.807, 2.05) is 0 Å². The van der Waals surface area contributed by atoms with Crippen molar-refractivity contribution >= 4 is 5.69 Å². The Balaban J connectivity index is 2.48. The van der Waals surface area contributed by atoms with Crippen LogP contribution in [0.25, 0.3) is 11.4 Å². The molecule has 0 aliphatic rings. The Morgan fingerprint density at radius 1 is 1.47 bits per heavy atom. The summed E-state index contributed by atoms with van der Waals surface area (Å²) in [5.41, 5.74) is 0.597. The molecule has 0 fully saturated rings. The highest BCUT2D eigenvalue weighted by Gasteiger charge is 2.16. The van der Waals surface area contributed by atoms with Crippen molar-refractivity contribution in [3.05, 3.63) is 34.6 Å². The summed E-state index contributed by atoms with van der Waals surface area (Å²) in [6, 6.07) is 4.52. The molecule has 0 aliphatic carbocycles. The predicted octanol–water partition coefficient (Wildman–Crippen LogP) is 1.40. The summed E-state index contributed by atoms with van der Waals surface area (Å²) in [6.45, 7) is 0.